The van der Waals surface area contributed by atoms with Crippen LogP contribution in [-0.4, -0.2) is 40.5 Å². The molecule has 1 aromatic carbocycles. The number of benzene rings is 1. The molecule has 1 aliphatic rings. The van der Waals surface area contributed by atoms with Crippen LogP contribution >= 0.6 is 0 Å². The average molecular weight is 330 g/mol. The van der Waals surface area contributed by atoms with Crippen LogP contribution in [0.4, 0.5) is 0 Å². The molecule has 0 saturated heterocycles. The first kappa shape index (κ1) is 16.2. The third kappa shape index (κ3) is 3.91. The SMILES string of the molecule is CS(=O)(=O)C1CCCC(S(=O)c2cccc(C(=O)O)c2)C1. The highest BCUT2D eigenvalue weighted by Gasteiger charge is 2.32. The van der Waals surface area contributed by atoms with Crippen molar-refractivity contribution in [2.24, 2.45) is 0 Å². The molecular formula is C14H18O5S2. The molecule has 5 nitrogen and oxygen atoms in total. The van der Waals surface area contributed by atoms with Gasteiger partial charge >= 0.3 is 5.97 Å². The molecule has 1 saturated carbocycles. The van der Waals surface area contributed by atoms with E-state index in [1.807, 2.05) is 0 Å². The van der Waals surface area contributed by atoms with E-state index < -0.39 is 31.9 Å². The lowest BCUT2D eigenvalue weighted by molar-refractivity contribution is 0.0696. The van der Waals surface area contributed by atoms with E-state index in [1.165, 1.54) is 18.4 Å². The Bertz CT molecular complexity index is 666. The van der Waals surface area contributed by atoms with Gasteiger partial charge in [-0.05, 0) is 37.5 Å². The van der Waals surface area contributed by atoms with Crippen molar-refractivity contribution in [2.45, 2.75) is 41.1 Å². The van der Waals surface area contributed by atoms with Gasteiger partial charge in [-0.2, -0.15) is 0 Å². The molecule has 0 spiro atoms. The van der Waals surface area contributed by atoms with E-state index in [-0.39, 0.29) is 10.8 Å². The summed E-state index contributed by atoms with van der Waals surface area (Å²) >= 11 is 0. The predicted octanol–water partition coefficient (Wildman–Crippen LogP) is 1.85. The topological polar surface area (TPSA) is 88.5 Å². The van der Waals surface area contributed by atoms with E-state index in [4.69, 9.17) is 5.11 Å². The van der Waals surface area contributed by atoms with Gasteiger partial charge in [0, 0.05) is 16.4 Å². The maximum Gasteiger partial charge on any atom is 0.335 e. The fourth-order valence-electron chi connectivity index (χ4n) is 2.63. The molecule has 1 aliphatic carbocycles. The van der Waals surface area contributed by atoms with Crippen molar-refractivity contribution in [1.29, 1.82) is 0 Å². The maximum absolute atomic E-state index is 12.6. The molecule has 3 atom stereocenters. The first-order chi connectivity index (χ1) is 9.79. The number of rotatable bonds is 4. The smallest absolute Gasteiger partial charge is 0.335 e. The fourth-order valence-corrected chi connectivity index (χ4v) is 5.56. The van der Waals surface area contributed by atoms with E-state index in [2.05, 4.69) is 0 Å². The first-order valence-corrected chi connectivity index (χ1v) is 9.88. The number of hydrogen-bond acceptors (Lipinski definition) is 4. The molecule has 2 rings (SSSR count). The third-order valence-electron chi connectivity index (χ3n) is 3.80. The Balaban J connectivity index is 2.20. The summed E-state index contributed by atoms with van der Waals surface area (Å²) in [4.78, 5) is 11.4. The second-order valence-electron chi connectivity index (χ2n) is 5.37. The zero-order chi connectivity index (χ0) is 15.6. The van der Waals surface area contributed by atoms with Crippen molar-refractivity contribution in [3.05, 3.63) is 29.8 Å². The van der Waals surface area contributed by atoms with Crippen molar-refractivity contribution < 1.29 is 22.5 Å². The molecule has 1 aromatic rings. The van der Waals surface area contributed by atoms with Gasteiger partial charge in [0.15, 0.2) is 0 Å². The highest BCUT2D eigenvalue weighted by molar-refractivity contribution is 7.91. The summed E-state index contributed by atoms with van der Waals surface area (Å²) in [5.41, 5.74) is 0.0938. The summed E-state index contributed by atoms with van der Waals surface area (Å²) in [6, 6.07) is 6.05. The molecule has 21 heavy (non-hydrogen) atoms. The minimum absolute atomic E-state index is 0.0938. The number of aromatic carboxylic acids is 1. The standard InChI is InChI=1S/C14H18O5S2/c1-21(18,19)13-7-3-6-12(9-13)20(17)11-5-2-4-10(8-11)14(15)16/h2,4-5,8,12-13H,3,6-7,9H2,1H3,(H,15,16). The van der Waals surface area contributed by atoms with Gasteiger partial charge in [-0.15, -0.1) is 0 Å². The summed E-state index contributed by atoms with van der Waals surface area (Å²) in [7, 11) is -4.50. The van der Waals surface area contributed by atoms with Crippen LogP contribution in [0.1, 0.15) is 36.0 Å². The molecule has 3 unspecified atom stereocenters. The molecule has 0 bridgehead atoms. The van der Waals surface area contributed by atoms with Crippen LogP contribution in [0.25, 0.3) is 0 Å². The Hall–Kier alpha value is -1.21. The molecule has 1 N–H and O–H groups in total. The first-order valence-electron chi connectivity index (χ1n) is 6.72. The van der Waals surface area contributed by atoms with Crippen LogP contribution in [0.2, 0.25) is 0 Å². The molecule has 0 heterocycles. The van der Waals surface area contributed by atoms with Crippen LogP contribution in [0.5, 0.6) is 0 Å². The van der Waals surface area contributed by atoms with E-state index in [0.29, 0.717) is 24.2 Å². The lowest BCUT2D eigenvalue weighted by Crippen LogP contribution is -2.32. The van der Waals surface area contributed by atoms with Crippen LogP contribution in [0.15, 0.2) is 29.2 Å². The second kappa shape index (κ2) is 6.27. The predicted molar refractivity (Wildman–Crippen MR) is 80.7 cm³/mol. The minimum atomic E-state index is -3.12. The van der Waals surface area contributed by atoms with Gasteiger partial charge in [-0.3, -0.25) is 4.21 Å². The van der Waals surface area contributed by atoms with Crippen molar-refractivity contribution in [2.75, 3.05) is 6.26 Å². The van der Waals surface area contributed by atoms with Gasteiger partial charge < -0.3 is 5.11 Å². The summed E-state index contributed by atoms with van der Waals surface area (Å²) in [5.74, 6) is -1.06. The molecule has 116 valence electrons. The highest BCUT2D eigenvalue weighted by atomic mass is 32.2. The molecule has 7 heteroatoms. The third-order valence-corrected chi connectivity index (χ3v) is 7.19. The summed E-state index contributed by atoms with van der Waals surface area (Å²) in [6.07, 6.45) is 3.64. The van der Waals surface area contributed by atoms with Gasteiger partial charge in [-0.1, -0.05) is 12.5 Å². The maximum atomic E-state index is 12.6. The van der Waals surface area contributed by atoms with E-state index in [0.717, 1.165) is 6.42 Å². The Morgan fingerprint density at radius 2 is 2.05 bits per heavy atom. The van der Waals surface area contributed by atoms with Crippen LogP contribution in [-0.2, 0) is 20.6 Å². The Morgan fingerprint density at radius 1 is 1.33 bits per heavy atom. The fraction of sp³-hybridized carbons (Fsp3) is 0.500. The van der Waals surface area contributed by atoms with Crippen molar-refractivity contribution in [3.63, 3.8) is 0 Å². The molecular weight excluding hydrogens is 312 g/mol. The van der Waals surface area contributed by atoms with Gasteiger partial charge in [-0.25, -0.2) is 13.2 Å². The Morgan fingerprint density at radius 3 is 2.67 bits per heavy atom. The highest BCUT2D eigenvalue weighted by Crippen LogP contribution is 2.29. The summed E-state index contributed by atoms with van der Waals surface area (Å²) in [6.45, 7) is 0. The zero-order valence-electron chi connectivity index (χ0n) is 11.7. The summed E-state index contributed by atoms with van der Waals surface area (Å²) in [5, 5.41) is 8.30. The number of carboxylic acids is 1. The van der Waals surface area contributed by atoms with E-state index in [1.54, 1.807) is 12.1 Å². The lowest BCUT2D eigenvalue weighted by Gasteiger charge is -2.27. The number of hydrogen-bond donors (Lipinski definition) is 1. The molecule has 1 fully saturated rings. The van der Waals surface area contributed by atoms with Gasteiger partial charge in [0.25, 0.3) is 0 Å². The number of carbonyl (C=O) groups is 1. The monoisotopic (exact) mass is 330 g/mol. The second-order valence-corrected chi connectivity index (χ2v) is 9.43. The van der Waals surface area contributed by atoms with Gasteiger partial charge in [0.05, 0.1) is 21.6 Å². The van der Waals surface area contributed by atoms with Crippen LogP contribution < -0.4 is 0 Å². The number of sulfone groups is 1. The summed E-state index contributed by atoms with van der Waals surface area (Å²) < 4.78 is 35.9. The molecule has 0 aliphatic heterocycles. The Labute approximate surface area is 126 Å². The average Bonchev–Trinajstić information content (AvgIpc) is 2.46. The van der Waals surface area contributed by atoms with Crippen molar-refractivity contribution in [3.8, 4) is 0 Å². The van der Waals surface area contributed by atoms with Gasteiger partial charge in [0.1, 0.15) is 9.84 Å². The van der Waals surface area contributed by atoms with E-state index >= 15 is 0 Å². The largest absolute Gasteiger partial charge is 0.478 e. The molecule has 0 aromatic heterocycles. The lowest BCUT2D eigenvalue weighted by atomic mass is 10.00. The normalized spacial score (nSPS) is 24.4. The molecule has 0 amide bonds. The zero-order valence-corrected chi connectivity index (χ0v) is 13.3. The van der Waals surface area contributed by atoms with Crippen molar-refractivity contribution in [1.82, 2.24) is 0 Å². The molecule has 0 radical (unpaired) electrons. The Kier molecular flexibility index (Phi) is 4.83. The van der Waals surface area contributed by atoms with Crippen LogP contribution in [0, 0.1) is 0 Å². The van der Waals surface area contributed by atoms with Gasteiger partial charge in [0.2, 0.25) is 0 Å². The number of carboxylic acid groups (broad SMARTS) is 1. The van der Waals surface area contributed by atoms with E-state index in [9.17, 15) is 17.4 Å². The van der Waals surface area contributed by atoms with Crippen LogP contribution in [0.3, 0.4) is 0 Å². The minimum Gasteiger partial charge on any atom is -0.478 e. The quantitative estimate of drug-likeness (QED) is 0.910. The van der Waals surface area contributed by atoms with Crippen molar-refractivity contribution >= 4 is 26.6 Å².